The van der Waals surface area contributed by atoms with Crippen molar-refractivity contribution in [3.63, 3.8) is 0 Å². The number of rotatable bonds is 1. The molecule has 0 aliphatic carbocycles. The molecule has 0 aromatic heterocycles. The molecule has 1 aliphatic rings. The fraction of sp³-hybridized carbons (Fsp3) is 0.462. The van der Waals surface area contributed by atoms with Crippen LogP contribution in [0, 0.1) is 13.8 Å². The van der Waals surface area contributed by atoms with E-state index >= 15 is 0 Å². The number of hydrogen-bond donors (Lipinski definition) is 1. The number of aryl methyl sites for hydroxylation is 2. The van der Waals surface area contributed by atoms with Gasteiger partial charge in [-0.05, 0) is 51.0 Å². The molecule has 2 rings (SSSR count). The summed E-state index contributed by atoms with van der Waals surface area (Å²) in [4.78, 5) is 4.64. The number of nitrogens with one attached hydrogen (secondary N) is 1. The molecule has 0 fully saturated rings. The van der Waals surface area contributed by atoms with Crippen molar-refractivity contribution >= 4 is 22.6 Å². The van der Waals surface area contributed by atoms with Crippen molar-refractivity contribution in [2.75, 3.05) is 11.1 Å². The zero-order valence-corrected chi connectivity index (χ0v) is 11.1. The largest absolute Gasteiger partial charge is 0.335 e. The molecule has 2 nitrogen and oxygen atoms in total. The summed E-state index contributed by atoms with van der Waals surface area (Å²) in [7, 11) is 0. The lowest BCUT2D eigenvalue weighted by atomic mass is 10.1. The number of nitrogens with zero attached hydrogens (tertiary/aromatic N) is 1. The van der Waals surface area contributed by atoms with Crippen molar-refractivity contribution < 1.29 is 0 Å². The molecule has 1 aliphatic heterocycles. The molecule has 1 heterocycles. The van der Waals surface area contributed by atoms with E-state index in [2.05, 4.69) is 56.2 Å². The topological polar surface area (TPSA) is 24.4 Å². The Bertz CT molecular complexity index is 415. The van der Waals surface area contributed by atoms with Crippen LogP contribution in [-0.4, -0.2) is 16.5 Å². The minimum absolute atomic E-state index is 0.0753. The summed E-state index contributed by atoms with van der Waals surface area (Å²) in [5.74, 6) is 1.06. The van der Waals surface area contributed by atoms with Gasteiger partial charge < -0.3 is 5.32 Å². The number of amidine groups is 1. The minimum Gasteiger partial charge on any atom is -0.335 e. The highest BCUT2D eigenvalue weighted by atomic mass is 32.2. The Labute approximate surface area is 102 Å². The van der Waals surface area contributed by atoms with Gasteiger partial charge in [-0.15, -0.1) is 0 Å². The molecule has 0 bridgehead atoms. The lowest BCUT2D eigenvalue weighted by Crippen LogP contribution is -2.15. The second-order valence-corrected chi connectivity index (χ2v) is 5.98. The van der Waals surface area contributed by atoms with E-state index < -0.39 is 0 Å². The van der Waals surface area contributed by atoms with Crippen LogP contribution >= 0.6 is 11.8 Å². The zero-order valence-electron chi connectivity index (χ0n) is 10.3. The zero-order chi connectivity index (χ0) is 11.8. The molecule has 0 saturated carbocycles. The van der Waals surface area contributed by atoms with Crippen molar-refractivity contribution in [3.05, 3.63) is 29.3 Å². The smallest absolute Gasteiger partial charge is 0.161 e. The van der Waals surface area contributed by atoms with Gasteiger partial charge in [0, 0.05) is 11.4 Å². The van der Waals surface area contributed by atoms with Crippen molar-refractivity contribution in [2.45, 2.75) is 33.2 Å². The van der Waals surface area contributed by atoms with Gasteiger partial charge in [-0.3, -0.25) is 4.99 Å². The fourth-order valence-electron chi connectivity index (χ4n) is 1.82. The van der Waals surface area contributed by atoms with E-state index in [1.54, 1.807) is 11.8 Å². The summed E-state index contributed by atoms with van der Waals surface area (Å²) in [5.41, 5.74) is 3.78. The van der Waals surface area contributed by atoms with Crippen LogP contribution in [0.4, 0.5) is 5.69 Å². The fourth-order valence-corrected chi connectivity index (χ4v) is 2.87. The molecule has 0 radical (unpaired) electrons. The van der Waals surface area contributed by atoms with Gasteiger partial charge in [0.1, 0.15) is 0 Å². The normalized spacial score (nSPS) is 18.4. The van der Waals surface area contributed by atoms with E-state index in [0.717, 1.165) is 16.6 Å². The van der Waals surface area contributed by atoms with Gasteiger partial charge >= 0.3 is 0 Å². The van der Waals surface area contributed by atoms with Crippen LogP contribution in [0.5, 0.6) is 0 Å². The Balaban J connectivity index is 2.16. The van der Waals surface area contributed by atoms with Crippen LogP contribution in [0.1, 0.15) is 25.0 Å². The first kappa shape index (κ1) is 11.5. The van der Waals surface area contributed by atoms with E-state index in [1.807, 2.05) is 0 Å². The molecule has 1 aromatic rings. The van der Waals surface area contributed by atoms with E-state index in [0.29, 0.717) is 0 Å². The first-order valence-corrected chi connectivity index (χ1v) is 6.51. The Morgan fingerprint density at radius 3 is 2.31 bits per heavy atom. The number of aliphatic imine (C=N–C) groups is 1. The van der Waals surface area contributed by atoms with Gasteiger partial charge in [0.15, 0.2) is 5.17 Å². The first-order chi connectivity index (χ1) is 7.44. The maximum absolute atomic E-state index is 4.64. The maximum Gasteiger partial charge on any atom is 0.161 e. The quantitative estimate of drug-likeness (QED) is 0.803. The van der Waals surface area contributed by atoms with Crippen LogP contribution < -0.4 is 5.32 Å². The third kappa shape index (κ3) is 2.79. The molecule has 86 valence electrons. The number of anilines is 1. The summed E-state index contributed by atoms with van der Waals surface area (Å²) in [6.07, 6.45) is 0. The molecule has 0 atom stereocenters. The van der Waals surface area contributed by atoms with Crippen LogP contribution in [-0.2, 0) is 0 Å². The average Bonchev–Trinajstić information content (AvgIpc) is 2.43. The van der Waals surface area contributed by atoms with Gasteiger partial charge in [-0.25, -0.2) is 0 Å². The van der Waals surface area contributed by atoms with E-state index in [9.17, 15) is 0 Å². The Morgan fingerprint density at radius 1 is 1.19 bits per heavy atom. The third-order valence-electron chi connectivity index (χ3n) is 2.44. The average molecular weight is 234 g/mol. The first-order valence-electron chi connectivity index (χ1n) is 5.53. The second-order valence-electron chi connectivity index (χ2n) is 5.02. The summed E-state index contributed by atoms with van der Waals surface area (Å²) in [6.45, 7) is 8.56. The monoisotopic (exact) mass is 234 g/mol. The van der Waals surface area contributed by atoms with E-state index in [4.69, 9.17) is 0 Å². The molecule has 16 heavy (non-hydrogen) atoms. The summed E-state index contributed by atoms with van der Waals surface area (Å²) in [5, 5.41) is 4.43. The number of benzene rings is 1. The van der Waals surface area contributed by atoms with Gasteiger partial charge in [-0.2, -0.15) is 0 Å². The SMILES string of the molecule is Cc1cc(C)cc(NC2=NC(C)(C)CS2)c1. The van der Waals surface area contributed by atoms with Crippen LogP contribution in [0.2, 0.25) is 0 Å². The Morgan fingerprint density at radius 2 is 1.81 bits per heavy atom. The summed E-state index contributed by atoms with van der Waals surface area (Å²) in [6, 6.07) is 6.49. The lowest BCUT2D eigenvalue weighted by Gasteiger charge is -2.09. The molecule has 0 saturated heterocycles. The molecule has 1 aromatic carbocycles. The Kier molecular flexibility index (Phi) is 2.98. The van der Waals surface area contributed by atoms with E-state index in [-0.39, 0.29) is 5.54 Å². The predicted molar refractivity (Wildman–Crippen MR) is 73.5 cm³/mol. The van der Waals surface area contributed by atoms with Crippen molar-refractivity contribution in [3.8, 4) is 0 Å². The Hall–Kier alpha value is -0.960. The number of thioether (sulfide) groups is 1. The van der Waals surface area contributed by atoms with E-state index in [1.165, 1.54) is 11.1 Å². The predicted octanol–water partition coefficient (Wildman–Crippen LogP) is 3.60. The van der Waals surface area contributed by atoms with Crippen molar-refractivity contribution in [1.82, 2.24) is 0 Å². The molecular weight excluding hydrogens is 216 g/mol. The number of hydrogen-bond acceptors (Lipinski definition) is 3. The standard InChI is InChI=1S/C13H18N2S/c1-9-5-10(2)7-11(6-9)14-12-15-13(3,4)8-16-12/h5-7H,8H2,1-4H3,(H,14,15). The molecule has 0 unspecified atom stereocenters. The molecular formula is C13H18N2S. The summed E-state index contributed by atoms with van der Waals surface area (Å²) < 4.78 is 0. The van der Waals surface area contributed by atoms with Crippen LogP contribution in [0.15, 0.2) is 23.2 Å². The lowest BCUT2D eigenvalue weighted by molar-refractivity contribution is 0.605. The van der Waals surface area contributed by atoms with Crippen LogP contribution in [0.25, 0.3) is 0 Å². The van der Waals surface area contributed by atoms with Gasteiger partial charge in [0.2, 0.25) is 0 Å². The van der Waals surface area contributed by atoms with Crippen molar-refractivity contribution in [1.29, 1.82) is 0 Å². The van der Waals surface area contributed by atoms with Gasteiger partial charge in [0.25, 0.3) is 0 Å². The third-order valence-corrected chi connectivity index (χ3v) is 3.76. The molecule has 1 N–H and O–H groups in total. The van der Waals surface area contributed by atoms with Gasteiger partial charge in [-0.1, -0.05) is 17.8 Å². The maximum atomic E-state index is 4.64. The van der Waals surface area contributed by atoms with Gasteiger partial charge in [0.05, 0.1) is 5.54 Å². The van der Waals surface area contributed by atoms with Crippen LogP contribution in [0.3, 0.4) is 0 Å². The highest BCUT2D eigenvalue weighted by molar-refractivity contribution is 8.14. The highest BCUT2D eigenvalue weighted by Gasteiger charge is 2.25. The molecule has 3 heteroatoms. The highest BCUT2D eigenvalue weighted by Crippen LogP contribution is 2.28. The molecule has 0 spiro atoms. The minimum atomic E-state index is 0.0753. The summed E-state index contributed by atoms with van der Waals surface area (Å²) >= 11 is 1.79. The second kappa shape index (κ2) is 4.13. The molecule has 0 amide bonds. The van der Waals surface area contributed by atoms with Crippen molar-refractivity contribution in [2.24, 2.45) is 4.99 Å².